The van der Waals surface area contributed by atoms with Gasteiger partial charge in [-0.15, -0.1) is 11.3 Å². The molecule has 0 aliphatic carbocycles. The molecular formula is C19H20ClNO3S3. The Kier molecular flexibility index (Phi) is 7.36. The van der Waals surface area contributed by atoms with Gasteiger partial charge in [0, 0.05) is 9.92 Å². The molecule has 0 saturated heterocycles. The minimum Gasteiger partial charge on any atom is -0.282 e. The Hall–Kier alpha value is -1.51. The molecule has 4 nitrogen and oxygen atoms in total. The molecular weight excluding hydrogens is 422 g/mol. The van der Waals surface area contributed by atoms with Crippen LogP contribution in [0.4, 0.5) is 0 Å². The topological polar surface area (TPSA) is 78.2 Å². The number of halogens is 1. The molecule has 3 rings (SSSR count). The van der Waals surface area contributed by atoms with Crippen molar-refractivity contribution < 1.29 is 13.0 Å². The molecule has 1 unspecified atom stereocenters. The number of hydrogen-bond donors (Lipinski definition) is 2. The van der Waals surface area contributed by atoms with Crippen LogP contribution in [-0.4, -0.2) is 13.0 Å². The van der Waals surface area contributed by atoms with Crippen molar-refractivity contribution in [3.8, 4) is 0 Å². The van der Waals surface area contributed by atoms with Crippen LogP contribution in [0.3, 0.4) is 0 Å². The minimum atomic E-state index is -4.08. The van der Waals surface area contributed by atoms with Gasteiger partial charge in [0.2, 0.25) is 0 Å². The van der Waals surface area contributed by atoms with Crippen molar-refractivity contribution >= 4 is 43.7 Å². The summed E-state index contributed by atoms with van der Waals surface area (Å²) in [4.78, 5) is 1.04. The van der Waals surface area contributed by atoms with Crippen LogP contribution in [0, 0.1) is 25.6 Å². The van der Waals surface area contributed by atoms with Gasteiger partial charge in [0.1, 0.15) is 0 Å². The number of hydrogen-bond acceptors (Lipinski definition) is 4. The van der Waals surface area contributed by atoms with E-state index in [4.69, 9.17) is 20.9 Å². The van der Waals surface area contributed by atoms with Crippen LogP contribution < -0.4 is 0 Å². The maximum Gasteiger partial charge on any atom is 0.295 e. The number of thiophene rings is 1. The molecule has 1 heterocycles. The van der Waals surface area contributed by atoms with Crippen molar-refractivity contribution in [2.45, 2.75) is 34.8 Å². The van der Waals surface area contributed by atoms with Crippen LogP contribution in [0.5, 0.6) is 0 Å². The summed E-state index contributed by atoms with van der Waals surface area (Å²) in [5.74, 6) is 0. The highest BCUT2D eigenvalue weighted by atomic mass is 35.5. The second kappa shape index (κ2) is 9.12. The zero-order valence-corrected chi connectivity index (χ0v) is 18.3. The Morgan fingerprint density at radius 2 is 1.59 bits per heavy atom. The van der Waals surface area contributed by atoms with Crippen LogP contribution in [0.25, 0.3) is 0 Å². The van der Waals surface area contributed by atoms with Crippen LogP contribution >= 0.6 is 22.9 Å². The third-order valence-corrected chi connectivity index (χ3v) is 7.75. The van der Waals surface area contributed by atoms with E-state index in [0.29, 0.717) is 11.1 Å². The molecule has 0 aliphatic heterocycles. The minimum absolute atomic E-state index is 0.0260. The normalized spacial score (nSPS) is 12.2. The molecule has 1 atom stereocenters. The van der Waals surface area contributed by atoms with Gasteiger partial charge in [0.25, 0.3) is 10.1 Å². The summed E-state index contributed by atoms with van der Waals surface area (Å²) < 4.78 is 39.9. The van der Waals surface area contributed by atoms with E-state index in [-0.39, 0.29) is 4.90 Å². The Morgan fingerprint density at radius 1 is 1.04 bits per heavy atom. The molecule has 8 heteroatoms. The molecule has 3 aromatic rings. The molecule has 1 aromatic heterocycles. The van der Waals surface area contributed by atoms with Crippen LogP contribution in [-0.2, 0) is 20.8 Å². The first kappa shape index (κ1) is 21.8. The first-order chi connectivity index (χ1) is 12.6. The SMILES string of the molecule is Cc1cc(C)c(S(=O)(=O)O)c(C)c1.N=S(c1ccc(Cl)cc1)c1cccs1. The predicted molar refractivity (Wildman–Crippen MR) is 113 cm³/mol. The van der Waals surface area contributed by atoms with Crippen molar-refractivity contribution in [3.63, 3.8) is 0 Å². The molecule has 0 bridgehead atoms. The average molecular weight is 442 g/mol. The molecule has 2 N–H and O–H groups in total. The average Bonchev–Trinajstić information content (AvgIpc) is 3.07. The van der Waals surface area contributed by atoms with Crippen LogP contribution in [0.1, 0.15) is 16.7 Å². The summed E-state index contributed by atoms with van der Waals surface area (Å²) in [6.45, 7) is 5.22. The summed E-state index contributed by atoms with van der Waals surface area (Å²) in [5.41, 5.74) is 2.16. The van der Waals surface area contributed by atoms with E-state index in [1.54, 1.807) is 37.3 Å². The summed E-state index contributed by atoms with van der Waals surface area (Å²) in [6.07, 6.45) is 0. The van der Waals surface area contributed by atoms with E-state index in [1.165, 1.54) is 0 Å². The standard InChI is InChI=1S/C10H8ClNS2.C9H12O3S/c11-8-3-5-9(6-4-8)14(12)10-2-1-7-13-10;1-6-4-7(2)9(8(3)5-6)13(10,11)12/h1-7,12H;4-5H,1-3H3,(H,10,11,12). The smallest absolute Gasteiger partial charge is 0.282 e. The van der Waals surface area contributed by atoms with Gasteiger partial charge in [-0.3, -0.25) is 9.33 Å². The molecule has 27 heavy (non-hydrogen) atoms. The number of rotatable bonds is 3. The lowest BCUT2D eigenvalue weighted by Crippen LogP contribution is -2.04. The Labute approximate surface area is 171 Å². The fourth-order valence-electron chi connectivity index (χ4n) is 2.64. The second-order valence-corrected chi connectivity index (χ2v) is 10.4. The lowest BCUT2D eigenvalue weighted by Gasteiger charge is -2.07. The van der Waals surface area contributed by atoms with E-state index < -0.39 is 20.8 Å². The van der Waals surface area contributed by atoms with E-state index in [1.807, 2.05) is 48.7 Å². The highest BCUT2D eigenvalue weighted by Gasteiger charge is 2.16. The van der Waals surface area contributed by atoms with Gasteiger partial charge in [-0.25, -0.2) is 0 Å². The van der Waals surface area contributed by atoms with Crippen molar-refractivity contribution in [1.29, 1.82) is 4.78 Å². The van der Waals surface area contributed by atoms with Crippen molar-refractivity contribution in [1.82, 2.24) is 0 Å². The van der Waals surface area contributed by atoms with Gasteiger partial charge in [0.15, 0.2) is 0 Å². The summed E-state index contributed by atoms with van der Waals surface area (Å²) in [7, 11) is -4.64. The van der Waals surface area contributed by atoms with Crippen LogP contribution in [0.15, 0.2) is 67.9 Å². The first-order valence-corrected chi connectivity index (χ1v) is 11.8. The fraction of sp³-hybridized carbons (Fsp3) is 0.158. The van der Waals surface area contributed by atoms with Gasteiger partial charge in [-0.1, -0.05) is 35.4 Å². The summed E-state index contributed by atoms with van der Waals surface area (Å²) >= 11 is 7.41. The van der Waals surface area contributed by atoms with Gasteiger partial charge in [0.05, 0.1) is 9.10 Å². The summed E-state index contributed by atoms with van der Waals surface area (Å²) in [5, 5.41) is 2.72. The zero-order chi connectivity index (χ0) is 20.2. The first-order valence-electron chi connectivity index (χ1n) is 7.89. The van der Waals surface area contributed by atoms with E-state index in [9.17, 15) is 8.42 Å². The Balaban J connectivity index is 0.000000194. The molecule has 0 spiro atoms. The molecule has 0 radical (unpaired) electrons. The second-order valence-electron chi connectivity index (χ2n) is 5.90. The zero-order valence-electron chi connectivity index (χ0n) is 15.1. The highest BCUT2D eigenvalue weighted by molar-refractivity contribution is 7.88. The van der Waals surface area contributed by atoms with E-state index >= 15 is 0 Å². The Morgan fingerprint density at radius 3 is 2.04 bits per heavy atom. The van der Waals surface area contributed by atoms with Gasteiger partial charge < -0.3 is 0 Å². The molecule has 0 fully saturated rings. The van der Waals surface area contributed by atoms with Crippen molar-refractivity contribution in [2.24, 2.45) is 0 Å². The molecule has 0 amide bonds. The van der Waals surface area contributed by atoms with Gasteiger partial charge in [-0.05, 0) is 78.3 Å². The maximum absolute atomic E-state index is 10.9. The fourth-order valence-corrected chi connectivity index (χ4v) is 5.84. The molecule has 2 aromatic carbocycles. The van der Waals surface area contributed by atoms with E-state index in [0.717, 1.165) is 19.7 Å². The molecule has 0 aliphatic rings. The van der Waals surface area contributed by atoms with Crippen LogP contribution in [0.2, 0.25) is 5.02 Å². The summed E-state index contributed by atoms with van der Waals surface area (Å²) in [6, 6.07) is 14.9. The van der Waals surface area contributed by atoms with Gasteiger partial charge in [-0.2, -0.15) is 8.42 Å². The van der Waals surface area contributed by atoms with E-state index in [2.05, 4.69) is 0 Å². The largest absolute Gasteiger partial charge is 0.295 e. The molecule has 144 valence electrons. The third-order valence-electron chi connectivity index (χ3n) is 3.61. The van der Waals surface area contributed by atoms with Crippen molar-refractivity contribution in [2.75, 3.05) is 0 Å². The molecule has 0 saturated carbocycles. The number of benzene rings is 2. The van der Waals surface area contributed by atoms with Gasteiger partial charge >= 0.3 is 0 Å². The predicted octanol–water partition coefficient (Wildman–Crippen LogP) is 6.06. The lowest BCUT2D eigenvalue weighted by molar-refractivity contribution is 0.482. The number of nitrogens with one attached hydrogen (secondary N) is 1. The quantitative estimate of drug-likeness (QED) is 0.485. The monoisotopic (exact) mass is 441 g/mol. The van der Waals surface area contributed by atoms with Crippen molar-refractivity contribution in [3.05, 3.63) is 75.6 Å². The maximum atomic E-state index is 10.9. The Bertz CT molecular complexity index is 1020. The lowest BCUT2D eigenvalue weighted by atomic mass is 10.1. The number of aryl methyl sites for hydroxylation is 3. The third kappa shape index (κ3) is 5.99. The highest BCUT2D eigenvalue weighted by Crippen LogP contribution is 2.23.